The summed E-state index contributed by atoms with van der Waals surface area (Å²) >= 11 is 0. The minimum atomic E-state index is -0.330. The molecule has 0 aliphatic heterocycles. The molecule has 0 aliphatic carbocycles. The zero-order valence-electron chi connectivity index (χ0n) is 10.1. The van der Waals surface area contributed by atoms with Gasteiger partial charge in [-0.05, 0) is 25.1 Å². The van der Waals surface area contributed by atoms with Gasteiger partial charge in [0.1, 0.15) is 0 Å². The van der Waals surface area contributed by atoms with Crippen molar-refractivity contribution in [2.45, 2.75) is 32.9 Å². The largest absolute Gasteiger partial charge is 0.421 e. The topological polar surface area (TPSA) is 60.1 Å². The molecule has 0 saturated carbocycles. The third-order valence-electron chi connectivity index (χ3n) is 2.54. The molecule has 2 aromatic rings. The number of nitrogens with one attached hydrogen (secondary N) is 1. The van der Waals surface area contributed by atoms with Crippen LogP contribution in [-0.2, 0) is 6.54 Å². The van der Waals surface area contributed by atoms with Crippen LogP contribution in [0.3, 0.4) is 0 Å². The van der Waals surface area contributed by atoms with E-state index in [2.05, 4.69) is 24.1 Å². The lowest BCUT2D eigenvalue weighted by molar-refractivity contribution is 0.482. The molecule has 92 valence electrons. The molecule has 0 unspecified atom stereocenters. The molecule has 1 N–H and O–H groups in total. The molecule has 0 radical (unpaired) electrons. The Morgan fingerprint density at radius 1 is 1.53 bits per heavy atom. The van der Waals surface area contributed by atoms with Crippen LogP contribution in [0.15, 0.2) is 27.5 Å². The maximum atomic E-state index is 11.6. The standard InChI is InChI=1S/C12H17N3O2/c1-9(2)13-7-4-8-15-11-10(17-12(15)16)5-3-6-14-11/h3,5-6,9,13H,4,7-8H2,1-2H3. The highest BCUT2D eigenvalue weighted by atomic mass is 16.4. The van der Waals surface area contributed by atoms with Crippen molar-refractivity contribution in [3.63, 3.8) is 0 Å². The van der Waals surface area contributed by atoms with E-state index in [4.69, 9.17) is 4.42 Å². The molecular formula is C12H17N3O2. The molecule has 2 heterocycles. The van der Waals surface area contributed by atoms with Gasteiger partial charge in [0, 0.05) is 18.8 Å². The predicted molar refractivity (Wildman–Crippen MR) is 66.0 cm³/mol. The Labute approximate surface area is 99.5 Å². The van der Waals surface area contributed by atoms with Gasteiger partial charge in [0.25, 0.3) is 0 Å². The fourth-order valence-electron chi connectivity index (χ4n) is 1.73. The number of rotatable bonds is 5. The van der Waals surface area contributed by atoms with E-state index in [1.54, 1.807) is 22.9 Å². The lowest BCUT2D eigenvalue weighted by atomic mass is 10.3. The van der Waals surface area contributed by atoms with Gasteiger partial charge >= 0.3 is 5.76 Å². The quantitative estimate of drug-likeness (QED) is 0.795. The average Bonchev–Trinajstić information content (AvgIpc) is 2.60. The molecule has 2 aromatic heterocycles. The molecule has 5 heteroatoms. The number of pyridine rings is 1. The fourth-order valence-corrected chi connectivity index (χ4v) is 1.73. The van der Waals surface area contributed by atoms with Crippen molar-refractivity contribution >= 4 is 11.2 Å². The fraction of sp³-hybridized carbons (Fsp3) is 0.500. The van der Waals surface area contributed by atoms with Crippen molar-refractivity contribution in [3.05, 3.63) is 28.9 Å². The van der Waals surface area contributed by atoms with Gasteiger partial charge in [-0.3, -0.25) is 4.57 Å². The average molecular weight is 235 g/mol. The Morgan fingerprint density at radius 2 is 2.35 bits per heavy atom. The van der Waals surface area contributed by atoms with Crippen molar-refractivity contribution in [3.8, 4) is 0 Å². The summed E-state index contributed by atoms with van der Waals surface area (Å²) in [4.78, 5) is 15.8. The summed E-state index contributed by atoms with van der Waals surface area (Å²) in [5.74, 6) is -0.330. The third kappa shape index (κ3) is 2.74. The maximum Gasteiger partial charge on any atom is 0.421 e. The lowest BCUT2D eigenvalue weighted by Crippen LogP contribution is -2.25. The Morgan fingerprint density at radius 3 is 3.12 bits per heavy atom. The number of aromatic nitrogens is 2. The van der Waals surface area contributed by atoms with E-state index in [1.165, 1.54) is 0 Å². The van der Waals surface area contributed by atoms with Crippen LogP contribution in [0, 0.1) is 0 Å². The summed E-state index contributed by atoms with van der Waals surface area (Å²) in [7, 11) is 0. The summed E-state index contributed by atoms with van der Waals surface area (Å²) in [5.41, 5.74) is 1.18. The van der Waals surface area contributed by atoms with Gasteiger partial charge in [-0.1, -0.05) is 13.8 Å². The molecule has 0 aromatic carbocycles. The van der Waals surface area contributed by atoms with Gasteiger partial charge in [-0.25, -0.2) is 9.78 Å². The molecule has 0 spiro atoms. The number of nitrogens with zero attached hydrogens (tertiary/aromatic N) is 2. The van der Waals surface area contributed by atoms with Crippen LogP contribution >= 0.6 is 0 Å². The predicted octanol–water partition coefficient (Wildman–Crippen LogP) is 1.38. The van der Waals surface area contributed by atoms with Crippen LogP contribution in [0.4, 0.5) is 0 Å². The van der Waals surface area contributed by atoms with Gasteiger partial charge in [0.05, 0.1) is 0 Å². The van der Waals surface area contributed by atoms with Crippen molar-refractivity contribution < 1.29 is 4.42 Å². The number of hydrogen-bond acceptors (Lipinski definition) is 4. The summed E-state index contributed by atoms with van der Waals surface area (Å²) in [6, 6.07) is 3.98. The SMILES string of the molecule is CC(C)NCCCn1c(=O)oc2cccnc21. The minimum Gasteiger partial charge on any atom is -0.406 e. The first-order chi connectivity index (χ1) is 8.18. The van der Waals surface area contributed by atoms with Gasteiger partial charge in [-0.2, -0.15) is 0 Å². The molecule has 0 amide bonds. The first-order valence-electron chi connectivity index (χ1n) is 5.86. The van der Waals surface area contributed by atoms with E-state index >= 15 is 0 Å². The smallest absolute Gasteiger partial charge is 0.406 e. The molecule has 0 atom stereocenters. The van der Waals surface area contributed by atoms with Crippen molar-refractivity contribution in [2.24, 2.45) is 0 Å². The van der Waals surface area contributed by atoms with Crippen molar-refractivity contribution in [1.29, 1.82) is 0 Å². The molecule has 5 nitrogen and oxygen atoms in total. The highest BCUT2D eigenvalue weighted by Gasteiger charge is 2.08. The zero-order valence-corrected chi connectivity index (χ0v) is 10.1. The van der Waals surface area contributed by atoms with Crippen LogP contribution in [0.2, 0.25) is 0 Å². The van der Waals surface area contributed by atoms with Gasteiger partial charge in [0.2, 0.25) is 0 Å². The Balaban J connectivity index is 2.08. The molecule has 0 aliphatic rings. The molecule has 17 heavy (non-hydrogen) atoms. The molecular weight excluding hydrogens is 218 g/mol. The van der Waals surface area contributed by atoms with Gasteiger partial charge < -0.3 is 9.73 Å². The maximum absolute atomic E-state index is 11.6. The van der Waals surface area contributed by atoms with E-state index in [9.17, 15) is 4.79 Å². The van der Waals surface area contributed by atoms with Crippen LogP contribution in [0.25, 0.3) is 11.2 Å². The molecule has 0 fully saturated rings. The number of oxazole rings is 1. The highest BCUT2D eigenvalue weighted by Crippen LogP contribution is 2.08. The monoisotopic (exact) mass is 235 g/mol. The van der Waals surface area contributed by atoms with E-state index in [-0.39, 0.29) is 5.76 Å². The second-order valence-corrected chi connectivity index (χ2v) is 4.31. The number of aryl methyl sites for hydroxylation is 1. The van der Waals surface area contributed by atoms with Crippen LogP contribution in [0.1, 0.15) is 20.3 Å². The molecule has 0 saturated heterocycles. The van der Waals surface area contributed by atoms with Crippen LogP contribution in [0.5, 0.6) is 0 Å². The van der Waals surface area contributed by atoms with E-state index in [1.807, 2.05) is 0 Å². The van der Waals surface area contributed by atoms with Crippen molar-refractivity contribution in [1.82, 2.24) is 14.9 Å². The van der Waals surface area contributed by atoms with Gasteiger partial charge in [0.15, 0.2) is 11.2 Å². The second kappa shape index (κ2) is 5.14. The van der Waals surface area contributed by atoms with Crippen LogP contribution < -0.4 is 11.1 Å². The summed E-state index contributed by atoms with van der Waals surface area (Å²) in [6.45, 7) is 5.70. The lowest BCUT2D eigenvalue weighted by Gasteiger charge is -2.07. The number of hydrogen-bond donors (Lipinski definition) is 1. The van der Waals surface area contributed by atoms with Crippen LogP contribution in [-0.4, -0.2) is 22.1 Å². The first-order valence-corrected chi connectivity index (χ1v) is 5.86. The normalized spacial score (nSPS) is 11.5. The molecule has 0 bridgehead atoms. The Hall–Kier alpha value is -1.62. The second-order valence-electron chi connectivity index (χ2n) is 4.31. The zero-order chi connectivity index (χ0) is 12.3. The van der Waals surface area contributed by atoms with E-state index in [0.717, 1.165) is 13.0 Å². The highest BCUT2D eigenvalue weighted by molar-refractivity contribution is 5.67. The Kier molecular flexibility index (Phi) is 3.58. The van der Waals surface area contributed by atoms with Crippen molar-refractivity contribution in [2.75, 3.05) is 6.54 Å². The summed E-state index contributed by atoms with van der Waals surface area (Å²) in [6.07, 6.45) is 2.55. The van der Waals surface area contributed by atoms with E-state index in [0.29, 0.717) is 23.8 Å². The van der Waals surface area contributed by atoms with Gasteiger partial charge in [-0.15, -0.1) is 0 Å². The van der Waals surface area contributed by atoms with E-state index < -0.39 is 0 Å². The first kappa shape index (κ1) is 11.9. The number of fused-ring (bicyclic) bond motifs is 1. The summed E-state index contributed by atoms with van der Waals surface area (Å²) < 4.78 is 6.68. The minimum absolute atomic E-state index is 0.330. The summed E-state index contributed by atoms with van der Waals surface area (Å²) in [5, 5.41) is 3.31. The third-order valence-corrected chi connectivity index (χ3v) is 2.54. The Bertz CT molecular complexity index is 542. The molecule has 2 rings (SSSR count).